The zero-order valence-electron chi connectivity index (χ0n) is 15.6. The molecule has 1 aromatic heterocycles. The van der Waals surface area contributed by atoms with E-state index in [1.165, 1.54) is 25.7 Å². The predicted molar refractivity (Wildman–Crippen MR) is 102 cm³/mol. The minimum atomic E-state index is -0.258. The van der Waals surface area contributed by atoms with E-state index in [0.29, 0.717) is 23.0 Å². The molecule has 0 bridgehead atoms. The first-order valence-corrected chi connectivity index (χ1v) is 9.90. The molecule has 0 atom stereocenters. The van der Waals surface area contributed by atoms with Crippen LogP contribution in [0.4, 0.5) is 0 Å². The molecular formula is C22H30O3. The second-order valence-corrected chi connectivity index (χ2v) is 7.66. The average molecular weight is 342 g/mol. The van der Waals surface area contributed by atoms with Crippen molar-refractivity contribution in [1.29, 1.82) is 0 Å². The number of hydrogen-bond donors (Lipinski definition) is 1. The van der Waals surface area contributed by atoms with E-state index < -0.39 is 0 Å². The number of aryl methyl sites for hydroxylation is 1. The van der Waals surface area contributed by atoms with Gasteiger partial charge in [0.05, 0.1) is 5.39 Å². The van der Waals surface area contributed by atoms with E-state index in [1.54, 1.807) is 0 Å². The number of phenols is 1. The van der Waals surface area contributed by atoms with Crippen molar-refractivity contribution < 1.29 is 9.52 Å². The number of hydrogen-bond acceptors (Lipinski definition) is 3. The Morgan fingerprint density at radius 2 is 1.80 bits per heavy atom. The van der Waals surface area contributed by atoms with Gasteiger partial charge in [0.2, 0.25) is 0 Å². The van der Waals surface area contributed by atoms with Crippen LogP contribution in [0.2, 0.25) is 0 Å². The Balaban J connectivity index is 2.05. The Morgan fingerprint density at radius 3 is 2.48 bits per heavy atom. The minimum Gasteiger partial charge on any atom is -0.507 e. The van der Waals surface area contributed by atoms with Gasteiger partial charge in [-0.15, -0.1) is 0 Å². The molecule has 0 unspecified atom stereocenters. The summed E-state index contributed by atoms with van der Waals surface area (Å²) < 4.78 is 5.60. The molecule has 0 aliphatic heterocycles. The maximum absolute atomic E-state index is 12.3. The Morgan fingerprint density at radius 1 is 1.08 bits per heavy atom. The van der Waals surface area contributed by atoms with Gasteiger partial charge >= 0.3 is 5.63 Å². The van der Waals surface area contributed by atoms with Crippen LogP contribution in [0.25, 0.3) is 11.0 Å². The van der Waals surface area contributed by atoms with Crippen LogP contribution in [-0.4, -0.2) is 5.11 Å². The molecule has 1 saturated carbocycles. The van der Waals surface area contributed by atoms with E-state index in [-0.39, 0.29) is 16.8 Å². The van der Waals surface area contributed by atoms with Gasteiger partial charge in [-0.05, 0) is 61.3 Å². The van der Waals surface area contributed by atoms with Gasteiger partial charge in [0.15, 0.2) is 0 Å². The van der Waals surface area contributed by atoms with Crippen LogP contribution in [0.3, 0.4) is 0 Å². The second-order valence-electron chi connectivity index (χ2n) is 7.66. The number of aromatic hydroxyl groups is 1. The topological polar surface area (TPSA) is 50.4 Å². The number of fused-ring (bicyclic) bond motifs is 1. The highest BCUT2D eigenvalue weighted by molar-refractivity contribution is 5.84. The van der Waals surface area contributed by atoms with Gasteiger partial charge in [-0.3, -0.25) is 0 Å². The first kappa shape index (κ1) is 18.0. The van der Waals surface area contributed by atoms with Gasteiger partial charge in [0, 0.05) is 5.56 Å². The molecule has 1 heterocycles. The lowest BCUT2D eigenvalue weighted by Gasteiger charge is -2.30. The van der Waals surface area contributed by atoms with Crippen molar-refractivity contribution in [1.82, 2.24) is 0 Å². The predicted octanol–water partition coefficient (Wildman–Crippen LogP) is 5.84. The molecule has 1 aromatic carbocycles. The fourth-order valence-electron chi connectivity index (χ4n) is 4.34. The van der Waals surface area contributed by atoms with Gasteiger partial charge in [-0.2, -0.15) is 0 Å². The third kappa shape index (κ3) is 3.61. The Labute approximate surface area is 150 Å². The van der Waals surface area contributed by atoms with Crippen LogP contribution < -0.4 is 5.63 Å². The SMILES string of the molecule is CCCCc1cc2c(O)cc(C3(CCCC)CCCC3)cc2oc1=O. The molecule has 0 saturated heterocycles. The van der Waals surface area contributed by atoms with Crippen molar-refractivity contribution in [2.75, 3.05) is 0 Å². The summed E-state index contributed by atoms with van der Waals surface area (Å²) in [5.74, 6) is 0.247. The summed E-state index contributed by atoms with van der Waals surface area (Å²) in [4.78, 5) is 12.3. The van der Waals surface area contributed by atoms with Gasteiger partial charge in [0.1, 0.15) is 11.3 Å². The number of unbranched alkanes of at least 4 members (excludes halogenated alkanes) is 2. The van der Waals surface area contributed by atoms with Gasteiger partial charge in [-0.1, -0.05) is 46.0 Å². The first-order chi connectivity index (χ1) is 12.1. The Kier molecular flexibility index (Phi) is 5.51. The van der Waals surface area contributed by atoms with Gasteiger partial charge in [-0.25, -0.2) is 4.79 Å². The number of phenolic OH excluding ortho intramolecular Hbond substituents is 1. The second kappa shape index (κ2) is 7.63. The quantitative estimate of drug-likeness (QED) is 0.643. The van der Waals surface area contributed by atoms with E-state index in [2.05, 4.69) is 13.8 Å². The lowest BCUT2D eigenvalue weighted by molar-refractivity contribution is 0.387. The summed E-state index contributed by atoms with van der Waals surface area (Å²) in [6.45, 7) is 4.32. The molecule has 1 N–H and O–H groups in total. The maximum atomic E-state index is 12.3. The summed E-state index contributed by atoms with van der Waals surface area (Å²) in [6, 6.07) is 5.76. The summed E-state index contributed by atoms with van der Waals surface area (Å²) in [5.41, 5.74) is 2.22. The molecular weight excluding hydrogens is 312 g/mol. The molecule has 3 nitrogen and oxygen atoms in total. The van der Waals surface area contributed by atoms with E-state index in [9.17, 15) is 9.90 Å². The van der Waals surface area contributed by atoms with Crippen molar-refractivity contribution in [3.05, 3.63) is 39.7 Å². The first-order valence-electron chi connectivity index (χ1n) is 9.90. The highest BCUT2D eigenvalue weighted by atomic mass is 16.4. The third-order valence-electron chi connectivity index (χ3n) is 5.89. The van der Waals surface area contributed by atoms with Crippen molar-refractivity contribution in [3.63, 3.8) is 0 Å². The monoisotopic (exact) mass is 342 g/mol. The standard InChI is InChI=1S/C22H30O3/c1-3-5-9-16-13-18-19(23)14-17(15-20(18)25-21(16)24)22(10-6-4-2)11-7-8-12-22/h13-15,23H,3-12H2,1-2H3. The Bertz CT molecular complexity index is 782. The lowest BCUT2D eigenvalue weighted by Crippen LogP contribution is -2.22. The summed E-state index contributed by atoms with van der Waals surface area (Å²) in [6.07, 6.45) is 11.0. The molecule has 3 heteroatoms. The molecule has 0 amide bonds. The van der Waals surface area contributed by atoms with Crippen LogP contribution in [0.1, 0.15) is 82.8 Å². The zero-order valence-corrected chi connectivity index (χ0v) is 15.6. The molecule has 136 valence electrons. The lowest BCUT2D eigenvalue weighted by atomic mass is 9.74. The van der Waals surface area contributed by atoms with Crippen LogP contribution in [-0.2, 0) is 11.8 Å². The maximum Gasteiger partial charge on any atom is 0.339 e. The highest BCUT2D eigenvalue weighted by Crippen LogP contribution is 2.46. The molecule has 2 aromatic rings. The third-order valence-corrected chi connectivity index (χ3v) is 5.89. The molecule has 3 rings (SSSR count). The highest BCUT2D eigenvalue weighted by Gasteiger charge is 2.35. The van der Waals surface area contributed by atoms with E-state index >= 15 is 0 Å². The van der Waals surface area contributed by atoms with Gasteiger partial charge in [0.25, 0.3) is 0 Å². The van der Waals surface area contributed by atoms with Crippen molar-refractivity contribution in [2.45, 2.75) is 83.5 Å². The molecule has 1 aliphatic carbocycles. The van der Waals surface area contributed by atoms with Crippen LogP contribution in [0, 0.1) is 0 Å². The van der Waals surface area contributed by atoms with Crippen LogP contribution in [0.15, 0.2) is 27.4 Å². The fourth-order valence-corrected chi connectivity index (χ4v) is 4.34. The summed E-state index contributed by atoms with van der Waals surface area (Å²) in [5, 5.41) is 11.3. The molecule has 0 spiro atoms. The van der Waals surface area contributed by atoms with Crippen LogP contribution in [0.5, 0.6) is 5.75 Å². The smallest absolute Gasteiger partial charge is 0.339 e. The minimum absolute atomic E-state index is 0.140. The average Bonchev–Trinajstić information content (AvgIpc) is 3.08. The van der Waals surface area contributed by atoms with Crippen molar-refractivity contribution >= 4 is 11.0 Å². The number of benzene rings is 1. The Hall–Kier alpha value is -1.77. The zero-order chi connectivity index (χ0) is 17.9. The van der Waals surface area contributed by atoms with E-state index in [0.717, 1.165) is 37.7 Å². The summed E-state index contributed by atoms with van der Waals surface area (Å²) >= 11 is 0. The van der Waals surface area contributed by atoms with Crippen molar-refractivity contribution in [2.24, 2.45) is 0 Å². The normalized spacial score (nSPS) is 16.6. The molecule has 1 aliphatic rings. The number of rotatable bonds is 7. The van der Waals surface area contributed by atoms with Crippen LogP contribution >= 0.6 is 0 Å². The summed E-state index contributed by atoms with van der Waals surface area (Å²) in [7, 11) is 0. The van der Waals surface area contributed by atoms with E-state index in [1.807, 2.05) is 18.2 Å². The molecule has 1 fully saturated rings. The fraction of sp³-hybridized carbons (Fsp3) is 0.591. The van der Waals surface area contributed by atoms with Crippen molar-refractivity contribution in [3.8, 4) is 5.75 Å². The molecule has 0 radical (unpaired) electrons. The van der Waals surface area contributed by atoms with E-state index in [4.69, 9.17) is 4.42 Å². The van der Waals surface area contributed by atoms with Gasteiger partial charge < -0.3 is 9.52 Å². The molecule has 25 heavy (non-hydrogen) atoms. The largest absolute Gasteiger partial charge is 0.507 e.